The van der Waals surface area contributed by atoms with Crippen molar-refractivity contribution in [2.75, 3.05) is 12.9 Å². The molecule has 15 heavy (non-hydrogen) atoms. The van der Waals surface area contributed by atoms with Crippen LogP contribution in [0.1, 0.15) is 45.4 Å². The van der Waals surface area contributed by atoms with Crippen molar-refractivity contribution in [3.8, 4) is 0 Å². The quantitative estimate of drug-likeness (QED) is 0.665. The van der Waals surface area contributed by atoms with Crippen LogP contribution in [0.3, 0.4) is 0 Å². The van der Waals surface area contributed by atoms with Crippen LogP contribution in [-0.2, 0) is 14.5 Å². The van der Waals surface area contributed by atoms with Crippen LogP contribution in [0, 0.1) is 0 Å². The van der Waals surface area contributed by atoms with Crippen molar-refractivity contribution in [2.24, 2.45) is 0 Å². The molecule has 0 amide bonds. The van der Waals surface area contributed by atoms with Gasteiger partial charge < -0.3 is 5.11 Å². The first-order valence-corrected chi connectivity index (χ1v) is 6.67. The summed E-state index contributed by atoms with van der Waals surface area (Å²) in [5.41, 5.74) is 0. The number of unbranched alkanes of at least 4 members (excludes halogenated alkanes) is 5. The van der Waals surface area contributed by atoms with Gasteiger partial charge in [0, 0.05) is 7.11 Å². The highest BCUT2D eigenvalue weighted by Crippen LogP contribution is 2.07. The molecule has 0 saturated carbocycles. The SMILES string of the molecule is CCCCCCCCS(=O)(=O)OF.CO. The third-order valence-corrected chi connectivity index (χ3v) is 2.82. The number of aliphatic hydroxyl groups is 1. The van der Waals surface area contributed by atoms with Crippen molar-refractivity contribution in [1.29, 1.82) is 0 Å². The Balaban J connectivity index is 0. The van der Waals surface area contributed by atoms with Crippen LogP contribution in [0.4, 0.5) is 4.53 Å². The van der Waals surface area contributed by atoms with Crippen LogP contribution in [0.2, 0.25) is 0 Å². The van der Waals surface area contributed by atoms with E-state index >= 15 is 0 Å². The molecule has 0 saturated heterocycles. The largest absolute Gasteiger partial charge is 0.400 e. The number of aliphatic hydroxyl groups excluding tert-OH is 1. The van der Waals surface area contributed by atoms with Crippen molar-refractivity contribution in [1.82, 2.24) is 0 Å². The molecule has 0 fully saturated rings. The van der Waals surface area contributed by atoms with Crippen molar-refractivity contribution in [3.05, 3.63) is 0 Å². The van der Waals surface area contributed by atoms with Gasteiger partial charge >= 0.3 is 0 Å². The highest BCUT2D eigenvalue weighted by atomic mass is 32.2. The minimum atomic E-state index is -3.88. The summed E-state index contributed by atoms with van der Waals surface area (Å²) in [7, 11) is -2.88. The van der Waals surface area contributed by atoms with E-state index in [4.69, 9.17) is 5.11 Å². The Labute approximate surface area is 91.5 Å². The molecule has 0 atom stereocenters. The molecule has 0 heterocycles. The zero-order valence-corrected chi connectivity index (χ0v) is 10.2. The normalized spacial score (nSPS) is 10.7. The molecule has 0 spiro atoms. The van der Waals surface area contributed by atoms with Crippen molar-refractivity contribution in [2.45, 2.75) is 45.4 Å². The number of halogens is 1. The number of rotatable bonds is 8. The highest BCUT2D eigenvalue weighted by molar-refractivity contribution is 7.86. The lowest BCUT2D eigenvalue weighted by molar-refractivity contribution is 0.00288. The van der Waals surface area contributed by atoms with E-state index in [2.05, 4.69) is 11.3 Å². The van der Waals surface area contributed by atoms with Gasteiger partial charge in [-0.3, -0.25) is 0 Å². The average Bonchev–Trinajstić information content (AvgIpc) is 2.26. The molecule has 0 unspecified atom stereocenters. The fourth-order valence-corrected chi connectivity index (χ4v) is 1.71. The Morgan fingerprint density at radius 1 is 1.07 bits per heavy atom. The van der Waals surface area contributed by atoms with Gasteiger partial charge in [-0.1, -0.05) is 43.4 Å². The van der Waals surface area contributed by atoms with E-state index in [1.54, 1.807) is 0 Å². The monoisotopic (exact) mass is 244 g/mol. The maximum absolute atomic E-state index is 11.3. The van der Waals surface area contributed by atoms with Gasteiger partial charge in [-0.25, -0.2) is 0 Å². The van der Waals surface area contributed by atoms with Gasteiger partial charge in [-0.15, -0.1) is 0 Å². The van der Waals surface area contributed by atoms with Gasteiger partial charge in [-0.2, -0.15) is 8.42 Å². The van der Waals surface area contributed by atoms with Crippen molar-refractivity contribution >= 4 is 10.1 Å². The second-order valence-corrected chi connectivity index (χ2v) is 4.74. The summed E-state index contributed by atoms with van der Waals surface area (Å²) in [4.78, 5) is 0. The average molecular weight is 244 g/mol. The third-order valence-electron chi connectivity index (χ3n) is 1.84. The molecule has 4 nitrogen and oxygen atoms in total. The summed E-state index contributed by atoms with van der Waals surface area (Å²) in [5.74, 6) is -0.213. The Morgan fingerprint density at radius 3 is 2.00 bits per heavy atom. The summed E-state index contributed by atoms with van der Waals surface area (Å²) < 4.78 is 35.1. The van der Waals surface area contributed by atoms with Crippen LogP contribution < -0.4 is 0 Å². The second kappa shape index (κ2) is 11.9. The molecule has 0 aromatic rings. The van der Waals surface area contributed by atoms with E-state index in [0.29, 0.717) is 6.42 Å². The molecule has 0 bridgehead atoms. The van der Waals surface area contributed by atoms with E-state index in [-0.39, 0.29) is 5.75 Å². The van der Waals surface area contributed by atoms with Gasteiger partial charge in [0.1, 0.15) is 0 Å². The maximum atomic E-state index is 11.3. The van der Waals surface area contributed by atoms with Gasteiger partial charge in [0.05, 0.1) is 5.75 Å². The predicted octanol–water partition coefficient (Wildman–Crippen LogP) is 2.19. The van der Waals surface area contributed by atoms with Gasteiger partial charge in [0.2, 0.25) is 0 Å². The van der Waals surface area contributed by atoms with Crippen LogP contribution in [-0.4, -0.2) is 26.4 Å². The molecule has 0 aliphatic carbocycles. The molecule has 0 aliphatic rings. The molecule has 0 rings (SSSR count). The first-order chi connectivity index (χ1) is 7.12. The Bertz CT molecular complexity index is 204. The minimum Gasteiger partial charge on any atom is -0.400 e. The second-order valence-electron chi connectivity index (χ2n) is 3.09. The van der Waals surface area contributed by atoms with Gasteiger partial charge in [0.15, 0.2) is 0 Å². The zero-order chi connectivity index (χ0) is 12.2. The van der Waals surface area contributed by atoms with E-state index in [0.717, 1.165) is 32.8 Å². The zero-order valence-electron chi connectivity index (χ0n) is 9.41. The van der Waals surface area contributed by atoms with E-state index in [9.17, 15) is 12.9 Å². The smallest absolute Gasteiger partial charge is 0.297 e. The molecule has 0 aromatic carbocycles. The Morgan fingerprint density at radius 2 is 1.53 bits per heavy atom. The van der Waals surface area contributed by atoms with Gasteiger partial charge in [0.25, 0.3) is 10.1 Å². The maximum Gasteiger partial charge on any atom is 0.297 e. The molecule has 1 N–H and O–H groups in total. The first-order valence-electron chi connectivity index (χ1n) is 5.10. The van der Waals surface area contributed by atoms with E-state index < -0.39 is 10.1 Å². The lowest BCUT2D eigenvalue weighted by Gasteiger charge is -1.99. The molecule has 0 aliphatic heterocycles. The lowest BCUT2D eigenvalue weighted by Crippen LogP contribution is -2.05. The molecule has 0 aromatic heterocycles. The van der Waals surface area contributed by atoms with E-state index in [1.807, 2.05) is 0 Å². The Kier molecular flexibility index (Phi) is 13.6. The van der Waals surface area contributed by atoms with Crippen LogP contribution in [0.25, 0.3) is 0 Å². The van der Waals surface area contributed by atoms with E-state index in [1.165, 1.54) is 6.42 Å². The summed E-state index contributed by atoms with van der Waals surface area (Å²) in [6.45, 7) is 2.11. The third kappa shape index (κ3) is 13.8. The summed E-state index contributed by atoms with van der Waals surface area (Å²) in [6, 6.07) is 0. The summed E-state index contributed by atoms with van der Waals surface area (Å²) >= 11 is 0. The van der Waals surface area contributed by atoms with Gasteiger partial charge in [-0.05, 0) is 10.9 Å². The molecule has 94 valence electrons. The fourth-order valence-electron chi connectivity index (χ4n) is 1.09. The summed E-state index contributed by atoms with van der Waals surface area (Å²) in [6.07, 6.45) is 5.76. The van der Waals surface area contributed by atoms with Crippen LogP contribution in [0.5, 0.6) is 0 Å². The highest BCUT2D eigenvalue weighted by Gasteiger charge is 2.09. The fraction of sp³-hybridized carbons (Fsp3) is 1.00. The summed E-state index contributed by atoms with van der Waals surface area (Å²) in [5, 5.41) is 7.00. The first kappa shape index (κ1) is 17.2. The van der Waals surface area contributed by atoms with Crippen LogP contribution in [0.15, 0.2) is 0 Å². The lowest BCUT2D eigenvalue weighted by atomic mass is 10.1. The molecular weight excluding hydrogens is 223 g/mol. The molecule has 6 heteroatoms. The van der Waals surface area contributed by atoms with Crippen molar-refractivity contribution in [3.63, 3.8) is 0 Å². The Hall–Kier alpha value is -0.200. The number of hydrogen-bond acceptors (Lipinski definition) is 4. The minimum absolute atomic E-state index is 0.213. The topological polar surface area (TPSA) is 63.6 Å². The number of hydrogen-bond donors (Lipinski definition) is 1. The standard InChI is InChI=1S/C8H17FO3S.CH4O/c1-2-3-4-5-6-7-8-13(10,11)12-9;1-2/h2-8H2,1H3;2H,1H3. The van der Waals surface area contributed by atoms with Crippen molar-refractivity contribution < 1.29 is 22.4 Å². The predicted molar refractivity (Wildman–Crippen MR) is 57.5 cm³/mol. The molecular formula is C9H21FO4S. The molecule has 0 radical (unpaired) electrons. The van der Waals surface area contributed by atoms with Crippen LogP contribution >= 0.6 is 0 Å².